The van der Waals surface area contributed by atoms with Crippen molar-refractivity contribution in [3.8, 4) is 5.75 Å². The SMILES string of the molecule is C[C@H](Oc1ccc2c(c1)CCCC2)C(=O)Nc1cccc(Br)c1. The summed E-state index contributed by atoms with van der Waals surface area (Å²) in [5.74, 6) is 0.614. The summed E-state index contributed by atoms with van der Waals surface area (Å²) in [5, 5.41) is 2.87. The van der Waals surface area contributed by atoms with Crippen LogP contribution >= 0.6 is 15.9 Å². The smallest absolute Gasteiger partial charge is 0.265 e. The molecule has 0 aromatic heterocycles. The minimum Gasteiger partial charge on any atom is -0.481 e. The minimum absolute atomic E-state index is 0.152. The molecular formula is C19H20BrNO2. The van der Waals surface area contributed by atoms with Gasteiger partial charge in [-0.25, -0.2) is 0 Å². The lowest BCUT2D eigenvalue weighted by Crippen LogP contribution is -2.30. The van der Waals surface area contributed by atoms with E-state index in [1.807, 2.05) is 30.3 Å². The Morgan fingerprint density at radius 3 is 2.70 bits per heavy atom. The van der Waals surface area contributed by atoms with Crippen molar-refractivity contribution in [3.63, 3.8) is 0 Å². The third-order valence-corrected chi connectivity index (χ3v) is 4.59. The maximum atomic E-state index is 12.3. The molecule has 3 nitrogen and oxygen atoms in total. The fourth-order valence-corrected chi connectivity index (χ4v) is 3.25. The number of halogens is 1. The number of ether oxygens (including phenoxy) is 1. The molecule has 23 heavy (non-hydrogen) atoms. The Hall–Kier alpha value is -1.81. The summed E-state index contributed by atoms with van der Waals surface area (Å²) in [4.78, 5) is 12.3. The molecule has 0 radical (unpaired) electrons. The van der Waals surface area contributed by atoms with Gasteiger partial charge in [-0.05, 0) is 74.1 Å². The van der Waals surface area contributed by atoms with Crippen LogP contribution in [-0.2, 0) is 17.6 Å². The van der Waals surface area contributed by atoms with E-state index in [1.165, 1.54) is 24.0 Å². The van der Waals surface area contributed by atoms with Gasteiger partial charge in [0.15, 0.2) is 6.10 Å². The van der Waals surface area contributed by atoms with Crippen molar-refractivity contribution in [2.45, 2.75) is 38.7 Å². The Morgan fingerprint density at radius 1 is 1.13 bits per heavy atom. The first kappa shape index (κ1) is 16.1. The average Bonchev–Trinajstić information content (AvgIpc) is 2.54. The molecule has 0 heterocycles. The third-order valence-electron chi connectivity index (χ3n) is 4.09. The average molecular weight is 374 g/mol. The van der Waals surface area contributed by atoms with Gasteiger partial charge in [-0.2, -0.15) is 0 Å². The summed E-state index contributed by atoms with van der Waals surface area (Å²) in [6.45, 7) is 1.77. The van der Waals surface area contributed by atoms with Gasteiger partial charge in [-0.3, -0.25) is 4.79 Å². The zero-order valence-electron chi connectivity index (χ0n) is 13.1. The Kier molecular flexibility index (Phi) is 5.01. The third kappa shape index (κ3) is 4.14. The quantitative estimate of drug-likeness (QED) is 0.840. The first-order valence-electron chi connectivity index (χ1n) is 7.97. The van der Waals surface area contributed by atoms with Gasteiger partial charge in [0.2, 0.25) is 0 Å². The lowest BCUT2D eigenvalue weighted by molar-refractivity contribution is -0.122. The first-order valence-corrected chi connectivity index (χ1v) is 8.76. The topological polar surface area (TPSA) is 38.3 Å². The molecule has 2 aromatic carbocycles. The van der Waals surface area contributed by atoms with Crippen LogP contribution in [0.1, 0.15) is 30.9 Å². The summed E-state index contributed by atoms with van der Waals surface area (Å²) in [6.07, 6.45) is 4.20. The lowest BCUT2D eigenvalue weighted by Gasteiger charge is -2.19. The van der Waals surface area contributed by atoms with Crippen molar-refractivity contribution in [2.24, 2.45) is 0 Å². The van der Waals surface area contributed by atoms with E-state index in [-0.39, 0.29) is 5.91 Å². The summed E-state index contributed by atoms with van der Waals surface area (Å²) in [6, 6.07) is 13.7. The van der Waals surface area contributed by atoms with Crippen LogP contribution in [0.3, 0.4) is 0 Å². The number of rotatable bonds is 4. The standard InChI is InChI=1S/C19H20BrNO2/c1-13(19(22)21-17-8-4-7-16(20)12-17)23-18-10-9-14-5-2-3-6-15(14)11-18/h4,7-13H,2-3,5-6H2,1H3,(H,21,22)/t13-/m0/s1. The molecule has 0 spiro atoms. The van der Waals surface area contributed by atoms with Gasteiger partial charge in [0.1, 0.15) is 5.75 Å². The van der Waals surface area contributed by atoms with E-state index in [9.17, 15) is 4.79 Å². The summed E-state index contributed by atoms with van der Waals surface area (Å²) in [5.41, 5.74) is 3.52. The van der Waals surface area contributed by atoms with Crippen LogP contribution in [-0.4, -0.2) is 12.0 Å². The highest BCUT2D eigenvalue weighted by Gasteiger charge is 2.16. The van der Waals surface area contributed by atoms with Crippen molar-refractivity contribution in [2.75, 3.05) is 5.32 Å². The highest BCUT2D eigenvalue weighted by Crippen LogP contribution is 2.26. The molecule has 1 atom stereocenters. The Bertz CT molecular complexity index is 714. The van der Waals surface area contributed by atoms with Crippen LogP contribution in [0, 0.1) is 0 Å². The van der Waals surface area contributed by atoms with Gasteiger partial charge in [0, 0.05) is 10.2 Å². The van der Waals surface area contributed by atoms with Crippen molar-refractivity contribution in [1.29, 1.82) is 0 Å². The van der Waals surface area contributed by atoms with E-state index >= 15 is 0 Å². The normalized spacial score (nSPS) is 14.7. The second-order valence-corrected chi connectivity index (χ2v) is 6.81. The van der Waals surface area contributed by atoms with Gasteiger partial charge < -0.3 is 10.1 Å². The van der Waals surface area contributed by atoms with Gasteiger partial charge >= 0.3 is 0 Å². The molecule has 3 rings (SSSR count). The fraction of sp³-hybridized carbons (Fsp3) is 0.316. The van der Waals surface area contributed by atoms with E-state index in [0.29, 0.717) is 0 Å². The maximum Gasteiger partial charge on any atom is 0.265 e. The largest absolute Gasteiger partial charge is 0.481 e. The van der Waals surface area contributed by atoms with E-state index < -0.39 is 6.10 Å². The number of anilines is 1. The molecule has 0 aliphatic heterocycles. The van der Waals surface area contributed by atoms with E-state index in [1.54, 1.807) is 6.92 Å². The monoisotopic (exact) mass is 373 g/mol. The number of aryl methyl sites for hydroxylation is 2. The van der Waals surface area contributed by atoms with Crippen LogP contribution in [0.2, 0.25) is 0 Å². The van der Waals surface area contributed by atoms with E-state index in [2.05, 4.69) is 33.4 Å². The van der Waals surface area contributed by atoms with Crippen molar-refractivity contribution < 1.29 is 9.53 Å². The molecule has 1 N–H and O–H groups in total. The molecule has 1 amide bonds. The second-order valence-electron chi connectivity index (χ2n) is 5.90. The van der Waals surface area contributed by atoms with Crippen LogP contribution in [0.25, 0.3) is 0 Å². The second kappa shape index (κ2) is 7.18. The number of carbonyl (C=O) groups is 1. The summed E-state index contributed by atoms with van der Waals surface area (Å²) < 4.78 is 6.75. The molecule has 2 aromatic rings. The zero-order chi connectivity index (χ0) is 16.2. The predicted molar refractivity (Wildman–Crippen MR) is 95.9 cm³/mol. The van der Waals surface area contributed by atoms with Gasteiger partial charge in [0.25, 0.3) is 5.91 Å². The Balaban J connectivity index is 1.64. The Labute approximate surface area is 145 Å². The molecule has 0 bridgehead atoms. The van der Waals surface area contributed by atoms with Crippen molar-refractivity contribution in [3.05, 3.63) is 58.1 Å². The summed E-state index contributed by atoms with van der Waals surface area (Å²) >= 11 is 3.40. The number of hydrogen-bond donors (Lipinski definition) is 1. The molecule has 0 unspecified atom stereocenters. The highest BCUT2D eigenvalue weighted by atomic mass is 79.9. The number of benzene rings is 2. The van der Waals surface area contributed by atoms with Gasteiger partial charge in [-0.15, -0.1) is 0 Å². The fourth-order valence-electron chi connectivity index (χ4n) is 2.85. The van der Waals surface area contributed by atoms with E-state index in [0.717, 1.165) is 28.8 Å². The van der Waals surface area contributed by atoms with Crippen molar-refractivity contribution in [1.82, 2.24) is 0 Å². The molecule has 120 valence electrons. The van der Waals surface area contributed by atoms with Crippen molar-refractivity contribution >= 4 is 27.5 Å². The Morgan fingerprint density at radius 2 is 1.91 bits per heavy atom. The molecule has 0 saturated carbocycles. The molecule has 0 fully saturated rings. The van der Waals surface area contributed by atoms with E-state index in [4.69, 9.17) is 4.74 Å². The molecule has 1 aliphatic rings. The van der Waals surface area contributed by atoms with Crippen LogP contribution < -0.4 is 10.1 Å². The number of fused-ring (bicyclic) bond motifs is 1. The molecular weight excluding hydrogens is 354 g/mol. The number of carbonyl (C=O) groups excluding carboxylic acids is 1. The molecule has 1 aliphatic carbocycles. The van der Waals surface area contributed by atoms with Crippen LogP contribution in [0.5, 0.6) is 5.75 Å². The predicted octanol–water partition coefficient (Wildman–Crippen LogP) is 4.73. The minimum atomic E-state index is -0.546. The molecule has 0 saturated heterocycles. The van der Waals surface area contributed by atoms with Crippen LogP contribution in [0.15, 0.2) is 46.9 Å². The first-order chi connectivity index (χ1) is 11.1. The zero-order valence-corrected chi connectivity index (χ0v) is 14.7. The maximum absolute atomic E-state index is 12.3. The molecule has 4 heteroatoms. The lowest BCUT2D eigenvalue weighted by atomic mass is 9.92. The summed E-state index contributed by atoms with van der Waals surface area (Å²) in [7, 11) is 0. The van der Waals surface area contributed by atoms with Crippen LogP contribution in [0.4, 0.5) is 5.69 Å². The highest BCUT2D eigenvalue weighted by molar-refractivity contribution is 9.10. The van der Waals surface area contributed by atoms with Gasteiger partial charge in [0.05, 0.1) is 0 Å². The number of hydrogen-bond acceptors (Lipinski definition) is 2. The van der Waals surface area contributed by atoms with Gasteiger partial charge in [-0.1, -0.05) is 28.1 Å². The number of nitrogens with one attached hydrogen (secondary N) is 1. The number of amides is 1.